The molecule has 0 aromatic heterocycles. The van der Waals surface area contributed by atoms with Crippen LogP contribution in [-0.4, -0.2) is 53.5 Å². The Labute approximate surface area is 135 Å². The minimum atomic E-state index is -0.925. The van der Waals surface area contributed by atoms with E-state index in [2.05, 4.69) is 4.90 Å². The Kier molecular flexibility index (Phi) is 6.70. The fourth-order valence-corrected chi connectivity index (χ4v) is 3.05. The highest BCUT2D eigenvalue weighted by molar-refractivity contribution is 8.13. The summed E-state index contributed by atoms with van der Waals surface area (Å²) in [4.78, 5) is 13.1. The Balaban J connectivity index is 1.89. The maximum atomic E-state index is 10.9. The quantitative estimate of drug-likeness (QED) is 0.828. The van der Waals surface area contributed by atoms with Crippen molar-refractivity contribution in [1.29, 1.82) is 0 Å². The molecule has 1 aromatic rings. The van der Waals surface area contributed by atoms with Crippen molar-refractivity contribution in [3.8, 4) is 0 Å². The molecule has 2 unspecified atom stereocenters. The molecule has 0 amide bonds. The molecule has 2 atom stereocenters. The Morgan fingerprint density at radius 1 is 1.27 bits per heavy atom. The minimum Gasteiger partial charge on any atom is -0.390 e. The summed E-state index contributed by atoms with van der Waals surface area (Å²) in [5.74, 6) is 0.513. The van der Waals surface area contributed by atoms with Gasteiger partial charge in [-0.15, -0.1) is 0 Å². The predicted octanol–water partition coefficient (Wildman–Crippen LogP) is 1.59. The number of carbonyl (C=O) groups excluding carboxylic acids is 1. The van der Waals surface area contributed by atoms with Crippen LogP contribution in [-0.2, 0) is 9.53 Å². The van der Waals surface area contributed by atoms with Gasteiger partial charge in [-0.1, -0.05) is 23.9 Å². The van der Waals surface area contributed by atoms with Gasteiger partial charge in [0.1, 0.15) is 6.10 Å². The highest BCUT2D eigenvalue weighted by Crippen LogP contribution is 2.24. The van der Waals surface area contributed by atoms with Crippen LogP contribution in [0.25, 0.3) is 0 Å². The van der Waals surface area contributed by atoms with Gasteiger partial charge in [-0.2, -0.15) is 0 Å². The number of hydrogen-bond donors (Lipinski definition) is 2. The van der Waals surface area contributed by atoms with E-state index in [1.165, 1.54) is 6.92 Å². The average molecular weight is 325 g/mol. The lowest BCUT2D eigenvalue weighted by Gasteiger charge is -2.29. The van der Waals surface area contributed by atoms with Gasteiger partial charge in [-0.3, -0.25) is 4.79 Å². The summed E-state index contributed by atoms with van der Waals surface area (Å²) in [5.41, 5.74) is 1.79. The van der Waals surface area contributed by atoms with E-state index in [-0.39, 0.29) is 5.12 Å². The summed E-state index contributed by atoms with van der Waals surface area (Å²) < 4.78 is 5.33. The molecule has 22 heavy (non-hydrogen) atoms. The number of hydrogen-bond acceptors (Lipinski definition) is 6. The highest BCUT2D eigenvalue weighted by Gasteiger charge is 2.19. The van der Waals surface area contributed by atoms with Crippen molar-refractivity contribution in [3.05, 3.63) is 29.8 Å². The van der Waals surface area contributed by atoms with Crippen molar-refractivity contribution in [2.45, 2.75) is 25.6 Å². The van der Waals surface area contributed by atoms with E-state index >= 15 is 0 Å². The van der Waals surface area contributed by atoms with Gasteiger partial charge >= 0.3 is 0 Å². The lowest BCUT2D eigenvalue weighted by atomic mass is 10.0. The molecule has 1 saturated heterocycles. The van der Waals surface area contributed by atoms with Gasteiger partial charge in [0.15, 0.2) is 5.12 Å². The number of carbonyl (C=O) groups is 1. The van der Waals surface area contributed by atoms with Gasteiger partial charge in [0, 0.05) is 31.5 Å². The fourth-order valence-electron chi connectivity index (χ4n) is 2.41. The standard InChI is InChI=1S/C16H23NO4S/c1-12(18)22-11-6-15(19)16(20)13-2-4-14(5-3-13)17-7-9-21-10-8-17/h2-5,15-16,19-20H,6-11H2,1H3. The SMILES string of the molecule is CC(=O)SCCC(O)C(O)c1ccc(N2CCOCC2)cc1. The van der Waals surface area contributed by atoms with E-state index in [1.54, 1.807) is 0 Å². The molecule has 122 valence electrons. The zero-order chi connectivity index (χ0) is 15.9. The topological polar surface area (TPSA) is 70.0 Å². The molecule has 1 aliphatic heterocycles. The molecule has 0 saturated carbocycles. The molecule has 6 heteroatoms. The van der Waals surface area contributed by atoms with Crippen molar-refractivity contribution in [2.24, 2.45) is 0 Å². The molecule has 0 aliphatic carbocycles. The maximum absolute atomic E-state index is 10.9. The lowest BCUT2D eigenvalue weighted by molar-refractivity contribution is -0.109. The number of nitrogens with zero attached hydrogens (tertiary/aromatic N) is 1. The molecule has 0 bridgehead atoms. The molecular weight excluding hydrogens is 302 g/mol. The number of thioether (sulfide) groups is 1. The van der Waals surface area contributed by atoms with Gasteiger partial charge in [0.2, 0.25) is 0 Å². The van der Waals surface area contributed by atoms with E-state index in [0.717, 1.165) is 43.8 Å². The number of anilines is 1. The summed E-state index contributed by atoms with van der Waals surface area (Å²) in [5, 5.41) is 20.2. The second-order valence-electron chi connectivity index (χ2n) is 5.33. The smallest absolute Gasteiger partial charge is 0.185 e. The summed E-state index contributed by atoms with van der Waals surface area (Å²) in [7, 11) is 0. The predicted molar refractivity (Wildman–Crippen MR) is 88.2 cm³/mol. The normalized spacial score (nSPS) is 18.0. The Bertz CT molecular complexity index is 474. The van der Waals surface area contributed by atoms with Crippen molar-refractivity contribution in [1.82, 2.24) is 0 Å². The monoisotopic (exact) mass is 325 g/mol. The third kappa shape index (κ3) is 4.98. The molecule has 1 aromatic carbocycles. The molecule has 2 rings (SSSR count). The zero-order valence-electron chi connectivity index (χ0n) is 12.8. The number of morpholine rings is 1. The van der Waals surface area contributed by atoms with Gasteiger partial charge in [-0.05, 0) is 24.1 Å². The molecule has 1 fully saturated rings. The van der Waals surface area contributed by atoms with Crippen LogP contribution in [0.15, 0.2) is 24.3 Å². The van der Waals surface area contributed by atoms with Crippen LogP contribution in [0.1, 0.15) is 25.0 Å². The first kappa shape index (κ1) is 17.3. The average Bonchev–Trinajstić information content (AvgIpc) is 2.54. The van der Waals surface area contributed by atoms with E-state index in [1.807, 2.05) is 24.3 Å². The molecule has 0 spiro atoms. The lowest BCUT2D eigenvalue weighted by Crippen LogP contribution is -2.36. The van der Waals surface area contributed by atoms with Crippen LogP contribution >= 0.6 is 11.8 Å². The second kappa shape index (κ2) is 8.53. The molecule has 1 heterocycles. The second-order valence-corrected chi connectivity index (χ2v) is 6.60. The van der Waals surface area contributed by atoms with Crippen LogP contribution < -0.4 is 4.90 Å². The summed E-state index contributed by atoms with van der Waals surface area (Å²) >= 11 is 1.16. The number of aliphatic hydroxyl groups excluding tert-OH is 2. The van der Waals surface area contributed by atoms with Crippen molar-refractivity contribution < 1.29 is 19.7 Å². The maximum Gasteiger partial charge on any atom is 0.185 e. The molecule has 0 radical (unpaired) electrons. The number of aliphatic hydroxyl groups is 2. The third-order valence-electron chi connectivity index (χ3n) is 3.69. The number of ether oxygens (including phenoxy) is 1. The van der Waals surface area contributed by atoms with Crippen molar-refractivity contribution in [2.75, 3.05) is 37.0 Å². The van der Waals surface area contributed by atoms with Crippen LogP contribution in [0.5, 0.6) is 0 Å². The van der Waals surface area contributed by atoms with E-state index in [0.29, 0.717) is 17.7 Å². The molecular formula is C16H23NO4S. The molecule has 1 aliphatic rings. The van der Waals surface area contributed by atoms with E-state index in [4.69, 9.17) is 4.74 Å². The largest absolute Gasteiger partial charge is 0.390 e. The zero-order valence-corrected chi connectivity index (χ0v) is 13.6. The summed E-state index contributed by atoms with van der Waals surface area (Å²) in [6.45, 7) is 4.70. The highest BCUT2D eigenvalue weighted by atomic mass is 32.2. The summed E-state index contributed by atoms with van der Waals surface area (Å²) in [6, 6.07) is 7.61. The van der Waals surface area contributed by atoms with Gasteiger partial charge in [-0.25, -0.2) is 0 Å². The third-order valence-corrected chi connectivity index (χ3v) is 4.54. The number of benzene rings is 1. The van der Waals surface area contributed by atoms with E-state index in [9.17, 15) is 15.0 Å². The summed E-state index contributed by atoms with van der Waals surface area (Å²) in [6.07, 6.45) is -1.40. The first-order valence-electron chi connectivity index (χ1n) is 7.50. The van der Waals surface area contributed by atoms with Crippen LogP contribution in [0.2, 0.25) is 0 Å². The van der Waals surface area contributed by atoms with Crippen LogP contribution in [0, 0.1) is 0 Å². The van der Waals surface area contributed by atoms with Crippen LogP contribution in [0.3, 0.4) is 0 Å². The van der Waals surface area contributed by atoms with Gasteiger partial charge in [0.05, 0.1) is 19.3 Å². The van der Waals surface area contributed by atoms with E-state index < -0.39 is 12.2 Å². The Morgan fingerprint density at radius 3 is 2.50 bits per heavy atom. The Morgan fingerprint density at radius 2 is 1.91 bits per heavy atom. The first-order chi connectivity index (χ1) is 10.6. The Hall–Kier alpha value is -1.08. The van der Waals surface area contributed by atoms with Gasteiger partial charge < -0.3 is 19.8 Å². The minimum absolute atomic E-state index is 0.0246. The van der Waals surface area contributed by atoms with Crippen LogP contribution in [0.4, 0.5) is 5.69 Å². The van der Waals surface area contributed by atoms with Gasteiger partial charge in [0.25, 0.3) is 0 Å². The van der Waals surface area contributed by atoms with Crippen molar-refractivity contribution >= 4 is 22.6 Å². The van der Waals surface area contributed by atoms with Crippen molar-refractivity contribution in [3.63, 3.8) is 0 Å². The molecule has 5 nitrogen and oxygen atoms in total. The first-order valence-corrected chi connectivity index (χ1v) is 8.48. The fraction of sp³-hybridized carbons (Fsp3) is 0.562. The number of rotatable bonds is 6. The molecule has 2 N–H and O–H groups in total.